The number of halogens is 1. The molecule has 0 spiro atoms. The third-order valence-electron chi connectivity index (χ3n) is 3.97. The highest BCUT2D eigenvalue weighted by Crippen LogP contribution is 2.30. The Morgan fingerprint density at radius 1 is 1.38 bits per heavy atom. The Labute approximate surface area is 164 Å². The molecule has 0 aliphatic heterocycles. The van der Waals surface area contributed by atoms with E-state index in [2.05, 4.69) is 10.3 Å². The molecule has 9 heteroatoms. The van der Waals surface area contributed by atoms with Crippen LogP contribution >= 0.6 is 35.2 Å². The second-order valence-corrected chi connectivity index (χ2v) is 7.51. The lowest BCUT2D eigenvalue weighted by Gasteiger charge is -2.26. The first-order valence-electron chi connectivity index (χ1n) is 7.70. The lowest BCUT2D eigenvalue weighted by molar-refractivity contribution is -0.384. The number of rotatable bonds is 4. The third kappa shape index (κ3) is 3.77. The molecule has 0 saturated carbocycles. The van der Waals surface area contributed by atoms with Gasteiger partial charge in [-0.25, -0.2) is 4.98 Å². The molecule has 0 fully saturated rings. The Bertz CT molecular complexity index is 959. The highest BCUT2D eigenvalue weighted by Gasteiger charge is 2.20. The molecule has 0 aliphatic carbocycles. The first-order chi connectivity index (χ1) is 12.4. The minimum Gasteiger partial charge on any atom is -0.343 e. The summed E-state index contributed by atoms with van der Waals surface area (Å²) in [6, 6.07) is 12.1. The van der Waals surface area contributed by atoms with Gasteiger partial charge in [-0.3, -0.25) is 10.1 Å². The van der Waals surface area contributed by atoms with Gasteiger partial charge < -0.3 is 10.2 Å². The molecule has 3 aromatic rings. The molecule has 1 aromatic heterocycles. The fraction of sp³-hybridized carbons (Fsp3) is 0.176. The van der Waals surface area contributed by atoms with Crippen molar-refractivity contribution in [3.8, 4) is 0 Å². The Kier molecular flexibility index (Phi) is 5.36. The van der Waals surface area contributed by atoms with Gasteiger partial charge in [-0.1, -0.05) is 23.7 Å². The van der Waals surface area contributed by atoms with Crippen molar-refractivity contribution in [3.05, 3.63) is 62.6 Å². The minimum atomic E-state index is -0.474. The summed E-state index contributed by atoms with van der Waals surface area (Å²) in [5.74, 6) is 0. The van der Waals surface area contributed by atoms with Crippen LogP contribution in [-0.2, 0) is 0 Å². The van der Waals surface area contributed by atoms with Crippen LogP contribution in [-0.4, -0.2) is 27.0 Å². The molecule has 0 radical (unpaired) electrons. The van der Waals surface area contributed by atoms with E-state index in [4.69, 9.17) is 23.8 Å². The number of anilines is 1. The summed E-state index contributed by atoms with van der Waals surface area (Å²) in [5, 5.41) is 15.6. The quantitative estimate of drug-likeness (QED) is 0.362. The summed E-state index contributed by atoms with van der Waals surface area (Å²) in [6.45, 7) is 2.00. The standard InChI is InChI=1S/C17H15ClN4O2S2/c1-10(16-19-13-5-3-4-6-15(13)26-16)21(2)17(25)20-14-9-11(22(23)24)7-8-12(14)18/h3-10H,1-2H3,(H,20,25)/t10-/m1/s1. The fourth-order valence-electron chi connectivity index (χ4n) is 2.34. The Morgan fingerprint density at radius 2 is 2.12 bits per heavy atom. The average molecular weight is 407 g/mol. The molecule has 134 valence electrons. The predicted molar refractivity (Wildman–Crippen MR) is 110 cm³/mol. The predicted octanol–water partition coefficient (Wildman–Crippen LogP) is 5.25. The van der Waals surface area contributed by atoms with Gasteiger partial charge in [-0.15, -0.1) is 11.3 Å². The minimum absolute atomic E-state index is 0.0541. The second kappa shape index (κ2) is 7.53. The van der Waals surface area contributed by atoms with Crippen molar-refractivity contribution in [2.75, 3.05) is 12.4 Å². The van der Waals surface area contributed by atoms with E-state index in [-0.39, 0.29) is 11.7 Å². The number of nitro groups is 1. The number of hydrogen-bond acceptors (Lipinski definition) is 5. The number of benzene rings is 2. The maximum Gasteiger partial charge on any atom is 0.271 e. The number of thiocarbonyl (C=S) groups is 1. The van der Waals surface area contributed by atoms with E-state index in [0.717, 1.165) is 15.2 Å². The van der Waals surface area contributed by atoms with Gasteiger partial charge in [0.05, 0.1) is 31.9 Å². The number of nitrogens with one attached hydrogen (secondary N) is 1. The Hall–Kier alpha value is -2.29. The maximum atomic E-state index is 10.9. The molecule has 0 saturated heterocycles. The summed E-state index contributed by atoms with van der Waals surface area (Å²) in [4.78, 5) is 17.0. The molecule has 1 atom stereocenters. The lowest BCUT2D eigenvalue weighted by atomic mass is 10.2. The first-order valence-corrected chi connectivity index (χ1v) is 9.30. The first kappa shape index (κ1) is 18.5. The summed E-state index contributed by atoms with van der Waals surface area (Å²) >= 11 is 13.2. The number of non-ortho nitro benzene ring substituents is 1. The van der Waals surface area contributed by atoms with Gasteiger partial charge in [0, 0.05) is 19.2 Å². The average Bonchev–Trinajstić information content (AvgIpc) is 3.06. The summed E-state index contributed by atoms with van der Waals surface area (Å²) in [5.41, 5.74) is 1.30. The van der Waals surface area contributed by atoms with Crippen LogP contribution in [0.5, 0.6) is 0 Å². The van der Waals surface area contributed by atoms with Crippen molar-refractivity contribution < 1.29 is 4.92 Å². The number of nitro benzene ring substituents is 1. The number of para-hydroxylation sites is 1. The summed E-state index contributed by atoms with van der Waals surface area (Å²) in [6.07, 6.45) is 0. The van der Waals surface area contributed by atoms with Gasteiger partial charge in [-0.2, -0.15) is 0 Å². The SMILES string of the molecule is C[C@H](c1nc2ccccc2s1)N(C)C(=S)Nc1cc([N+](=O)[O-])ccc1Cl. The monoisotopic (exact) mass is 406 g/mol. The van der Waals surface area contributed by atoms with Crippen LogP contribution in [0.15, 0.2) is 42.5 Å². The number of nitrogens with zero attached hydrogens (tertiary/aromatic N) is 3. The van der Waals surface area contributed by atoms with Crippen LogP contribution in [0.4, 0.5) is 11.4 Å². The largest absolute Gasteiger partial charge is 0.343 e. The van der Waals surface area contributed by atoms with E-state index in [1.54, 1.807) is 11.3 Å². The van der Waals surface area contributed by atoms with Crippen molar-refractivity contribution in [1.82, 2.24) is 9.88 Å². The van der Waals surface area contributed by atoms with Crippen LogP contribution in [0.25, 0.3) is 10.2 Å². The number of hydrogen-bond donors (Lipinski definition) is 1. The molecule has 1 heterocycles. The van der Waals surface area contributed by atoms with Crippen LogP contribution in [0.3, 0.4) is 0 Å². The zero-order chi connectivity index (χ0) is 18.8. The van der Waals surface area contributed by atoms with Gasteiger partial charge in [0.15, 0.2) is 5.11 Å². The Morgan fingerprint density at radius 3 is 2.81 bits per heavy atom. The van der Waals surface area contributed by atoms with Gasteiger partial charge in [0.1, 0.15) is 5.01 Å². The van der Waals surface area contributed by atoms with Gasteiger partial charge in [0.2, 0.25) is 0 Å². The number of fused-ring (bicyclic) bond motifs is 1. The molecule has 26 heavy (non-hydrogen) atoms. The van der Waals surface area contributed by atoms with Crippen LogP contribution < -0.4 is 5.32 Å². The zero-order valence-corrected chi connectivity index (χ0v) is 16.4. The van der Waals surface area contributed by atoms with Crippen molar-refractivity contribution in [2.24, 2.45) is 0 Å². The highest BCUT2D eigenvalue weighted by atomic mass is 35.5. The van der Waals surface area contributed by atoms with Crippen molar-refractivity contribution in [2.45, 2.75) is 13.0 Å². The van der Waals surface area contributed by atoms with Crippen molar-refractivity contribution in [1.29, 1.82) is 0 Å². The number of aromatic nitrogens is 1. The van der Waals surface area contributed by atoms with E-state index < -0.39 is 4.92 Å². The molecule has 0 bridgehead atoms. The molecule has 0 unspecified atom stereocenters. The van der Waals surface area contributed by atoms with E-state index in [0.29, 0.717) is 15.8 Å². The topological polar surface area (TPSA) is 71.3 Å². The van der Waals surface area contributed by atoms with Gasteiger partial charge >= 0.3 is 0 Å². The smallest absolute Gasteiger partial charge is 0.271 e. The van der Waals surface area contributed by atoms with Gasteiger partial charge in [-0.05, 0) is 37.3 Å². The molecule has 3 rings (SSSR count). The molecule has 1 N–H and O–H groups in total. The lowest BCUT2D eigenvalue weighted by Crippen LogP contribution is -2.33. The highest BCUT2D eigenvalue weighted by molar-refractivity contribution is 7.80. The molecule has 6 nitrogen and oxygen atoms in total. The van der Waals surface area contributed by atoms with E-state index >= 15 is 0 Å². The van der Waals surface area contributed by atoms with Gasteiger partial charge in [0.25, 0.3) is 5.69 Å². The molecular formula is C17H15ClN4O2S2. The van der Waals surface area contributed by atoms with Crippen LogP contribution in [0.1, 0.15) is 18.0 Å². The zero-order valence-electron chi connectivity index (χ0n) is 14.0. The van der Waals surface area contributed by atoms with E-state index in [1.807, 2.05) is 43.1 Å². The summed E-state index contributed by atoms with van der Waals surface area (Å²) < 4.78 is 1.11. The van der Waals surface area contributed by atoms with Crippen molar-refractivity contribution in [3.63, 3.8) is 0 Å². The van der Waals surface area contributed by atoms with Crippen LogP contribution in [0, 0.1) is 10.1 Å². The molecule has 0 aliphatic rings. The van der Waals surface area contributed by atoms with Crippen molar-refractivity contribution >= 4 is 61.9 Å². The van der Waals surface area contributed by atoms with Crippen LogP contribution in [0.2, 0.25) is 5.02 Å². The number of thiazole rings is 1. The van der Waals surface area contributed by atoms with E-state index in [9.17, 15) is 10.1 Å². The summed E-state index contributed by atoms with van der Waals surface area (Å²) in [7, 11) is 1.84. The Balaban J connectivity index is 1.79. The third-order valence-corrected chi connectivity index (χ3v) is 5.90. The molecule has 2 aromatic carbocycles. The normalized spacial score (nSPS) is 12.0. The molecular weight excluding hydrogens is 392 g/mol. The van der Waals surface area contributed by atoms with E-state index in [1.165, 1.54) is 18.2 Å². The molecule has 0 amide bonds. The second-order valence-electron chi connectivity index (χ2n) is 5.66. The fourth-order valence-corrected chi connectivity index (χ4v) is 3.83. The maximum absolute atomic E-state index is 10.9.